The van der Waals surface area contributed by atoms with Crippen LogP contribution in [0.5, 0.6) is 0 Å². The first-order valence-corrected chi connectivity index (χ1v) is 11.0. The molecule has 1 saturated heterocycles. The highest BCUT2D eigenvalue weighted by Crippen LogP contribution is 2.16. The van der Waals surface area contributed by atoms with Crippen LogP contribution in [0.3, 0.4) is 0 Å². The van der Waals surface area contributed by atoms with E-state index in [2.05, 4.69) is 15.5 Å². The summed E-state index contributed by atoms with van der Waals surface area (Å²) in [4.78, 5) is 26.8. The van der Waals surface area contributed by atoms with E-state index >= 15 is 0 Å². The first kappa shape index (κ1) is 22.3. The third kappa shape index (κ3) is 7.44. The lowest BCUT2D eigenvalue weighted by Gasteiger charge is -2.31. The number of amides is 2. The molecule has 8 heteroatoms. The first-order chi connectivity index (χ1) is 14.6. The third-order valence-electron chi connectivity index (χ3n) is 4.68. The van der Waals surface area contributed by atoms with Crippen LogP contribution in [0, 0.1) is 5.82 Å². The number of thioether (sulfide) groups is 1. The highest BCUT2D eigenvalue weighted by atomic mass is 32.2. The van der Waals surface area contributed by atoms with Gasteiger partial charge in [-0.3, -0.25) is 14.5 Å². The van der Waals surface area contributed by atoms with Crippen molar-refractivity contribution in [1.29, 1.82) is 0 Å². The van der Waals surface area contributed by atoms with Crippen LogP contribution >= 0.6 is 11.8 Å². The van der Waals surface area contributed by atoms with Gasteiger partial charge in [-0.1, -0.05) is 30.3 Å². The summed E-state index contributed by atoms with van der Waals surface area (Å²) >= 11 is 1.24. The molecule has 2 aromatic carbocycles. The van der Waals surface area contributed by atoms with Crippen molar-refractivity contribution in [3.05, 3.63) is 66.0 Å². The lowest BCUT2D eigenvalue weighted by molar-refractivity contribution is -0.119. The molecule has 2 aromatic rings. The van der Waals surface area contributed by atoms with E-state index in [1.165, 1.54) is 36.0 Å². The number of rotatable bonds is 9. The Morgan fingerprint density at radius 3 is 2.37 bits per heavy atom. The molecule has 2 N–H and O–H groups in total. The van der Waals surface area contributed by atoms with Gasteiger partial charge in [0.05, 0.1) is 30.8 Å². The van der Waals surface area contributed by atoms with Crippen molar-refractivity contribution in [3.8, 4) is 0 Å². The molecular formula is C22H26FN3O3S. The Morgan fingerprint density at radius 2 is 1.67 bits per heavy atom. The predicted molar refractivity (Wildman–Crippen MR) is 117 cm³/mol. The first-order valence-electron chi connectivity index (χ1n) is 9.88. The summed E-state index contributed by atoms with van der Waals surface area (Å²) in [6.07, 6.45) is 0. The van der Waals surface area contributed by atoms with Gasteiger partial charge in [0.15, 0.2) is 0 Å². The number of nitrogens with one attached hydrogen (secondary N) is 2. The predicted octanol–water partition coefficient (Wildman–Crippen LogP) is 2.69. The molecule has 2 amide bonds. The minimum Gasteiger partial charge on any atom is -0.379 e. The molecule has 30 heavy (non-hydrogen) atoms. The van der Waals surface area contributed by atoms with E-state index < -0.39 is 0 Å². The Bertz CT molecular complexity index is 814. The van der Waals surface area contributed by atoms with Crippen molar-refractivity contribution in [3.63, 3.8) is 0 Å². The summed E-state index contributed by atoms with van der Waals surface area (Å²) < 4.78 is 18.3. The van der Waals surface area contributed by atoms with Gasteiger partial charge >= 0.3 is 0 Å². The monoisotopic (exact) mass is 431 g/mol. The van der Waals surface area contributed by atoms with Gasteiger partial charge in [-0.2, -0.15) is 0 Å². The van der Waals surface area contributed by atoms with Crippen LogP contribution in [-0.2, 0) is 14.3 Å². The number of hydrogen-bond donors (Lipinski definition) is 2. The topological polar surface area (TPSA) is 70.7 Å². The standard InChI is InChI=1S/C22H26FN3O3S/c23-18-6-8-19(9-7-18)24-21(27)15-30-16-22(28)25-20(17-4-2-1-3-5-17)14-26-10-12-29-13-11-26/h1-9,20H,10-16H2,(H,24,27)(H,25,28). The van der Waals surface area contributed by atoms with Crippen LogP contribution in [0.4, 0.5) is 10.1 Å². The van der Waals surface area contributed by atoms with Crippen LogP contribution in [0.1, 0.15) is 11.6 Å². The Hall–Kier alpha value is -2.42. The summed E-state index contributed by atoms with van der Waals surface area (Å²) in [6, 6.07) is 15.3. The van der Waals surface area contributed by atoms with Gasteiger partial charge in [-0.05, 0) is 29.8 Å². The molecule has 0 bridgehead atoms. The molecule has 0 radical (unpaired) electrons. The minimum absolute atomic E-state index is 0.114. The van der Waals surface area contributed by atoms with Gasteiger partial charge in [-0.25, -0.2) is 4.39 Å². The molecule has 1 aliphatic rings. The number of hydrogen-bond acceptors (Lipinski definition) is 5. The quantitative estimate of drug-likeness (QED) is 0.639. The summed E-state index contributed by atoms with van der Waals surface area (Å²) in [7, 11) is 0. The molecule has 1 atom stereocenters. The largest absolute Gasteiger partial charge is 0.379 e. The van der Waals surface area contributed by atoms with Crippen molar-refractivity contribution >= 4 is 29.3 Å². The molecule has 0 saturated carbocycles. The Balaban J connectivity index is 1.46. The summed E-state index contributed by atoms with van der Waals surface area (Å²) in [5.41, 5.74) is 1.58. The maximum Gasteiger partial charge on any atom is 0.234 e. The number of benzene rings is 2. The molecule has 160 valence electrons. The van der Waals surface area contributed by atoms with Gasteiger partial charge in [0.1, 0.15) is 5.82 Å². The van der Waals surface area contributed by atoms with Gasteiger partial charge in [0.2, 0.25) is 11.8 Å². The average molecular weight is 432 g/mol. The molecule has 3 rings (SSSR count). The number of ether oxygens (including phenoxy) is 1. The van der Waals surface area contributed by atoms with E-state index in [1.54, 1.807) is 0 Å². The Morgan fingerprint density at radius 1 is 1.00 bits per heavy atom. The normalized spacial score (nSPS) is 15.4. The number of morpholine rings is 1. The second-order valence-electron chi connectivity index (χ2n) is 6.99. The molecule has 0 aliphatic carbocycles. The van der Waals surface area contributed by atoms with Crippen molar-refractivity contribution in [2.24, 2.45) is 0 Å². The summed E-state index contributed by atoms with van der Waals surface area (Å²) in [5, 5.41) is 5.78. The number of halogens is 1. The molecule has 6 nitrogen and oxygen atoms in total. The minimum atomic E-state index is -0.357. The third-order valence-corrected chi connectivity index (χ3v) is 5.61. The van der Waals surface area contributed by atoms with Crippen LogP contribution in [-0.4, -0.2) is 61.1 Å². The fourth-order valence-electron chi connectivity index (χ4n) is 3.16. The molecule has 0 aromatic heterocycles. The second kappa shape index (κ2) is 11.7. The van der Waals surface area contributed by atoms with E-state index in [1.807, 2.05) is 30.3 Å². The lowest BCUT2D eigenvalue weighted by Crippen LogP contribution is -2.43. The SMILES string of the molecule is O=C(CSCC(=O)NC(CN1CCOCC1)c1ccccc1)Nc1ccc(F)cc1. The number of nitrogens with zero attached hydrogens (tertiary/aromatic N) is 1. The molecule has 1 aliphatic heterocycles. The zero-order valence-corrected chi connectivity index (χ0v) is 17.5. The average Bonchev–Trinajstić information content (AvgIpc) is 2.76. The fraction of sp³-hybridized carbons (Fsp3) is 0.364. The Labute approximate surface area is 180 Å². The van der Waals surface area contributed by atoms with E-state index in [4.69, 9.17) is 4.74 Å². The lowest BCUT2D eigenvalue weighted by atomic mass is 10.1. The van der Waals surface area contributed by atoms with E-state index in [9.17, 15) is 14.0 Å². The van der Waals surface area contributed by atoms with E-state index in [0.717, 1.165) is 25.2 Å². The molecule has 1 fully saturated rings. The fourth-order valence-corrected chi connectivity index (χ4v) is 3.79. The Kier molecular flexibility index (Phi) is 8.67. The zero-order valence-electron chi connectivity index (χ0n) is 16.7. The maximum absolute atomic E-state index is 12.9. The number of carbonyl (C=O) groups excluding carboxylic acids is 2. The molecule has 0 spiro atoms. The van der Waals surface area contributed by atoms with Gasteiger partial charge in [0.25, 0.3) is 0 Å². The van der Waals surface area contributed by atoms with Crippen molar-refractivity contribution in [1.82, 2.24) is 10.2 Å². The molecule has 1 unspecified atom stereocenters. The second-order valence-corrected chi connectivity index (χ2v) is 7.98. The van der Waals surface area contributed by atoms with Crippen molar-refractivity contribution in [2.75, 3.05) is 49.7 Å². The number of anilines is 1. The van der Waals surface area contributed by atoms with Crippen LogP contribution < -0.4 is 10.6 Å². The van der Waals surface area contributed by atoms with Gasteiger partial charge in [0, 0.05) is 25.3 Å². The van der Waals surface area contributed by atoms with Crippen molar-refractivity contribution < 1.29 is 18.7 Å². The van der Waals surface area contributed by atoms with Gasteiger partial charge < -0.3 is 15.4 Å². The summed E-state index contributed by atoms with van der Waals surface area (Å²) in [6.45, 7) is 3.81. The van der Waals surface area contributed by atoms with Crippen LogP contribution in [0.2, 0.25) is 0 Å². The van der Waals surface area contributed by atoms with Crippen molar-refractivity contribution in [2.45, 2.75) is 6.04 Å². The summed E-state index contributed by atoms with van der Waals surface area (Å²) in [5.74, 6) is -0.374. The van der Waals surface area contributed by atoms with Crippen LogP contribution in [0.15, 0.2) is 54.6 Å². The van der Waals surface area contributed by atoms with Crippen LogP contribution in [0.25, 0.3) is 0 Å². The maximum atomic E-state index is 12.9. The number of carbonyl (C=O) groups is 2. The highest BCUT2D eigenvalue weighted by Gasteiger charge is 2.20. The van der Waals surface area contributed by atoms with Gasteiger partial charge in [-0.15, -0.1) is 11.8 Å². The molecule has 1 heterocycles. The van der Waals surface area contributed by atoms with E-state index in [0.29, 0.717) is 18.9 Å². The molecular weight excluding hydrogens is 405 g/mol. The van der Waals surface area contributed by atoms with E-state index in [-0.39, 0.29) is 35.2 Å². The highest BCUT2D eigenvalue weighted by molar-refractivity contribution is 8.00. The zero-order chi connectivity index (χ0) is 21.2. The smallest absolute Gasteiger partial charge is 0.234 e.